The number of hydrogen-bond donors (Lipinski definition) is 2. The first-order chi connectivity index (χ1) is 9.69. The number of hydrogen-bond acceptors (Lipinski definition) is 4. The van der Waals surface area contributed by atoms with Crippen molar-refractivity contribution in [2.45, 2.75) is 31.4 Å². The summed E-state index contributed by atoms with van der Waals surface area (Å²) in [5.74, 6) is 0.746. The minimum absolute atomic E-state index is 0.166. The normalized spacial score (nSPS) is 21.6. The molecule has 1 aliphatic heterocycles. The summed E-state index contributed by atoms with van der Waals surface area (Å²) in [5.41, 5.74) is 0. The fourth-order valence-corrected chi connectivity index (χ4v) is 2.96. The van der Waals surface area contributed by atoms with Gasteiger partial charge in [0.25, 0.3) is 0 Å². The highest BCUT2D eigenvalue weighted by atomic mass is 79.9. The number of halogens is 1. The summed E-state index contributed by atoms with van der Waals surface area (Å²) in [6.07, 6.45) is 2.76. The highest BCUT2D eigenvalue weighted by Crippen LogP contribution is 2.19. The molecule has 1 aromatic carbocycles. The second-order valence-electron chi connectivity index (χ2n) is 5.25. The van der Waals surface area contributed by atoms with E-state index in [1.54, 1.807) is 0 Å². The van der Waals surface area contributed by atoms with Crippen LogP contribution in [-0.4, -0.2) is 53.6 Å². The number of ether oxygens (including phenoxy) is 1. The number of aliphatic hydroxyl groups excluding tert-OH is 2. The number of aliphatic hydroxyl groups is 2. The zero-order valence-corrected chi connectivity index (χ0v) is 13.1. The SMILES string of the molecule is OC[C@H]1CCCCN1CC(O)COc1cccc(Br)c1. The molecule has 0 bridgehead atoms. The van der Waals surface area contributed by atoms with Gasteiger partial charge >= 0.3 is 0 Å². The van der Waals surface area contributed by atoms with Gasteiger partial charge in [0.2, 0.25) is 0 Å². The van der Waals surface area contributed by atoms with E-state index >= 15 is 0 Å². The second-order valence-corrected chi connectivity index (χ2v) is 6.16. The molecule has 0 radical (unpaired) electrons. The molecule has 0 aromatic heterocycles. The van der Waals surface area contributed by atoms with Crippen LogP contribution in [0.25, 0.3) is 0 Å². The summed E-state index contributed by atoms with van der Waals surface area (Å²) in [6, 6.07) is 7.77. The molecule has 0 aliphatic carbocycles. The molecule has 1 saturated heterocycles. The summed E-state index contributed by atoms with van der Waals surface area (Å²) >= 11 is 3.39. The standard InChI is InChI=1S/C15H22BrNO3/c16-12-4-3-6-15(8-12)20-11-14(19)9-17-7-2-1-5-13(17)10-18/h3-4,6,8,13-14,18-19H,1-2,5,7,9-11H2/t13-,14?/m1/s1. The van der Waals surface area contributed by atoms with E-state index in [2.05, 4.69) is 20.8 Å². The first-order valence-electron chi connectivity index (χ1n) is 7.10. The monoisotopic (exact) mass is 343 g/mol. The minimum Gasteiger partial charge on any atom is -0.491 e. The van der Waals surface area contributed by atoms with Crippen molar-refractivity contribution in [3.8, 4) is 5.75 Å². The Labute approximate surface area is 128 Å². The summed E-state index contributed by atoms with van der Waals surface area (Å²) in [5, 5.41) is 19.4. The van der Waals surface area contributed by atoms with Crippen molar-refractivity contribution >= 4 is 15.9 Å². The fourth-order valence-electron chi connectivity index (χ4n) is 2.58. The quantitative estimate of drug-likeness (QED) is 0.829. The van der Waals surface area contributed by atoms with Crippen LogP contribution >= 0.6 is 15.9 Å². The van der Waals surface area contributed by atoms with Crippen molar-refractivity contribution < 1.29 is 14.9 Å². The molecular weight excluding hydrogens is 322 g/mol. The smallest absolute Gasteiger partial charge is 0.120 e. The summed E-state index contributed by atoms with van der Waals surface area (Å²) in [7, 11) is 0. The lowest BCUT2D eigenvalue weighted by Gasteiger charge is -2.35. The Morgan fingerprint density at radius 3 is 3.00 bits per heavy atom. The first-order valence-corrected chi connectivity index (χ1v) is 7.89. The van der Waals surface area contributed by atoms with Crippen LogP contribution in [0, 0.1) is 0 Å². The third kappa shape index (κ3) is 4.74. The van der Waals surface area contributed by atoms with E-state index < -0.39 is 6.10 Å². The van der Waals surface area contributed by atoms with E-state index in [1.807, 2.05) is 24.3 Å². The maximum absolute atomic E-state index is 10.1. The van der Waals surface area contributed by atoms with Crippen molar-refractivity contribution in [2.24, 2.45) is 0 Å². The maximum Gasteiger partial charge on any atom is 0.120 e. The van der Waals surface area contributed by atoms with Gasteiger partial charge in [0.1, 0.15) is 18.5 Å². The van der Waals surface area contributed by atoms with Gasteiger partial charge in [-0.25, -0.2) is 0 Å². The number of benzene rings is 1. The Bertz CT molecular complexity index is 416. The molecular formula is C15H22BrNO3. The lowest BCUT2D eigenvalue weighted by molar-refractivity contribution is 0.0232. The predicted molar refractivity (Wildman–Crippen MR) is 81.9 cm³/mol. The highest BCUT2D eigenvalue weighted by molar-refractivity contribution is 9.10. The van der Waals surface area contributed by atoms with Crippen LogP contribution in [0.3, 0.4) is 0 Å². The van der Waals surface area contributed by atoms with Gasteiger partial charge in [-0.2, -0.15) is 0 Å². The lowest BCUT2D eigenvalue weighted by Crippen LogP contribution is -2.46. The lowest BCUT2D eigenvalue weighted by atomic mass is 10.0. The molecule has 1 aromatic rings. The summed E-state index contributed by atoms with van der Waals surface area (Å²) < 4.78 is 6.55. The molecule has 1 heterocycles. The third-order valence-electron chi connectivity index (χ3n) is 3.64. The highest BCUT2D eigenvalue weighted by Gasteiger charge is 2.23. The average molecular weight is 344 g/mol. The number of piperidine rings is 1. The van der Waals surface area contributed by atoms with Crippen LogP contribution in [0.1, 0.15) is 19.3 Å². The second kappa shape index (κ2) is 7.98. The van der Waals surface area contributed by atoms with Crippen LogP contribution in [0.5, 0.6) is 5.75 Å². The van der Waals surface area contributed by atoms with Gasteiger partial charge in [-0.15, -0.1) is 0 Å². The molecule has 1 unspecified atom stereocenters. The number of nitrogens with zero attached hydrogens (tertiary/aromatic N) is 1. The van der Waals surface area contributed by atoms with E-state index in [4.69, 9.17) is 4.74 Å². The van der Waals surface area contributed by atoms with E-state index in [9.17, 15) is 10.2 Å². The average Bonchev–Trinajstić information content (AvgIpc) is 2.46. The van der Waals surface area contributed by atoms with E-state index in [0.717, 1.165) is 36.0 Å². The van der Waals surface area contributed by atoms with Gasteiger partial charge in [-0.3, -0.25) is 4.90 Å². The Hall–Kier alpha value is -0.620. The molecule has 0 spiro atoms. The predicted octanol–water partition coefficient (Wildman–Crippen LogP) is 2.04. The van der Waals surface area contributed by atoms with Gasteiger partial charge in [0, 0.05) is 17.1 Å². The molecule has 5 heteroatoms. The number of β-amino-alcohol motifs (C(OH)–C–C–N with tert-alkyl or cyclic N) is 1. The third-order valence-corrected chi connectivity index (χ3v) is 4.14. The zero-order valence-electron chi connectivity index (χ0n) is 11.5. The van der Waals surface area contributed by atoms with Gasteiger partial charge in [0.05, 0.1) is 6.61 Å². The Kier molecular flexibility index (Phi) is 6.29. The maximum atomic E-state index is 10.1. The van der Waals surface area contributed by atoms with Crippen LogP contribution in [-0.2, 0) is 0 Å². The van der Waals surface area contributed by atoms with Crippen LogP contribution in [0.15, 0.2) is 28.7 Å². The van der Waals surface area contributed by atoms with Gasteiger partial charge < -0.3 is 14.9 Å². The number of likely N-dealkylation sites (tertiary alicyclic amines) is 1. The van der Waals surface area contributed by atoms with Crippen molar-refractivity contribution in [3.63, 3.8) is 0 Å². The van der Waals surface area contributed by atoms with Crippen molar-refractivity contribution in [1.82, 2.24) is 4.90 Å². The molecule has 1 fully saturated rings. The molecule has 4 nitrogen and oxygen atoms in total. The van der Waals surface area contributed by atoms with E-state index in [1.165, 1.54) is 0 Å². The van der Waals surface area contributed by atoms with E-state index in [0.29, 0.717) is 6.54 Å². The van der Waals surface area contributed by atoms with Crippen LogP contribution < -0.4 is 4.74 Å². The van der Waals surface area contributed by atoms with Gasteiger partial charge in [-0.05, 0) is 37.6 Å². The van der Waals surface area contributed by atoms with E-state index in [-0.39, 0.29) is 19.3 Å². The van der Waals surface area contributed by atoms with Crippen molar-refractivity contribution in [3.05, 3.63) is 28.7 Å². The Balaban J connectivity index is 1.78. The zero-order chi connectivity index (χ0) is 14.4. The first kappa shape index (κ1) is 15.8. The van der Waals surface area contributed by atoms with Gasteiger partial charge in [-0.1, -0.05) is 28.4 Å². The molecule has 1 aliphatic rings. The topological polar surface area (TPSA) is 52.9 Å². The fraction of sp³-hybridized carbons (Fsp3) is 0.600. The molecule has 2 N–H and O–H groups in total. The Morgan fingerprint density at radius 2 is 2.25 bits per heavy atom. The molecule has 0 saturated carbocycles. The Morgan fingerprint density at radius 1 is 1.40 bits per heavy atom. The summed E-state index contributed by atoms with van der Waals surface area (Å²) in [4.78, 5) is 2.17. The molecule has 2 atom stereocenters. The van der Waals surface area contributed by atoms with Crippen molar-refractivity contribution in [1.29, 1.82) is 0 Å². The molecule has 112 valence electrons. The van der Waals surface area contributed by atoms with Gasteiger partial charge in [0.15, 0.2) is 0 Å². The summed E-state index contributed by atoms with van der Waals surface area (Å²) in [6.45, 7) is 1.93. The van der Waals surface area contributed by atoms with Crippen molar-refractivity contribution in [2.75, 3.05) is 26.3 Å². The number of rotatable bonds is 6. The molecule has 0 amide bonds. The van der Waals surface area contributed by atoms with Crippen LogP contribution in [0.4, 0.5) is 0 Å². The molecule has 2 rings (SSSR count). The minimum atomic E-state index is -0.541. The molecule has 20 heavy (non-hydrogen) atoms. The largest absolute Gasteiger partial charge is 0.491 e. The van der Waals surface area contributed by atoms with Crippen LogP contribution in [0.2, 0.25) is 0 Å².